The van der Waals surface area contributed by atoms with E-state index < -0.39 is 4.92 Å². The number of piperidine rings is 1. The van der Waals surface area contributed by atoms with E-state index in [1.807, 2.05) is 0 Å². The molecule has 0 aromatic carbocycles. The van der Waals surface area contributed by atoms with Gasteiger partial charge in [-0.15, -0.1) is 0 Å². The Bertz CT molecular complexity index is 446. The van der Waals surface area contributed by atoms with Crippen molar-refractivity contribution in [3.8, 4) is 0 Å². The Balaban J connectivity index is 1.79. The lowest BCUT2D eigenvalue weighted by atomic mass is 9.77. The lowest BCUT2D eigenvalue weighted by molar-refractivity contribution is -0.389. The molecule has 0 amide bonds. The summed E-state index contributed by atoms with van der Waals surface area (Å²) in [6, 6.07) is 1.42. The summed E-state index contributed by atoms with van der Waals surface area (Å²) in [4.78, 5) is 12.4. The zero-order valence-corrected chi connectivity index (χ0v) is 11.9. The zero-order chi connectivity index (χ0) is 14.6. The van der Waals surface area contributed by atoms with Crippen LogP contribution in [0.5, 0.6) is 0 Å². The first-order valence-corrected chi connectivity index (χ1v) is 7.10. The van der Waals surface area contributed by atoms with Crippen LogP contribution in [0, 0.1) is 15.5 Å². The molecule has 0 aliphatic carbocycles. The molecule has 1 aliphatic heterocycles. The van der Waals surface area contributed by atoms with Crippen LogP contribution in [0.2, 0.25) is 0 Å². The number of nitro groups is 1. The van der Waals surface area contributed by atoms with Gasteiger partial charge >= 0.3 is 5.82 Å². The van der Waals surface area contributed by atoms with E-state index in [0.29, 0.717) is 6.54 Å². The molecular formula is C13H22N4O3. The van der Waals surface area contributed by atoms with Gasteiger partial charge in [-0.05, 0) is 42.7 Å². The van der Waals surface area contributed by atoms with Crippen molar-refractivity contribution in [1.29, 1.82) is 0 Å². The monoisotopic (exact) mass is 282 g/mol. The molecule has 0 saturated carbocycles. The minimum absolute atomic E-state index is 0.0982. The quantitative estimate of drug-likeness (QED) is 0.627. The minimum atomic E-state index is -0.478. The molecular weight excluding hydrogens is 260 g/mol. The van der Waals surface area contributed by atoms with E-state index in [1.165, 1.54) is 6.07 Å². The molecule has 1 fully saturated rings. The lowest BCUT2D eigenvalue weighted by Crippen LogP contribution is -2.42. The van der Waals surface area contributed by atoms with Gasteiger partial charge in [0.05, 0.1) is 23.9 Å². The third kappa shape index (κ3) is 3.34. The Morgan fingerprint density at radius 2 is 2.15 bits per heavy atom. The Hall–Kier alpha value is -1.47. The van der Waals surface area contributed by atoms with Gasteiger partial charge in [0.1, 0.15) is 0 Å². The minimum Gasteiger partial charge on any atom is -0.396 e. The van der Waals surface area contributed by atoms with E-state index in [4.69, 9.17) is 0 Å². The number of hydrogen-bond donors (Lipinski definition) is 1. The Morgan fingerprint density at radius 3 is 2.65 bits per heavy atom. The maximum Gasteiger partial charge on any atom is 0.389 e. The van der Waals surface area contributed by atoms with Crippen molar-refractivity contribution in [3.63, 3.8) is 0 Å². The van der Waals surface area contributed by atoms with E-state index in [9.17, 15) is 15.2 Å². The molecule has 2 heterocycles. The number of rotatable bonds is 6. The fraction of sp³-hybridized carbons (Fsp3) is 0.769. The summed E-state index contributed by atoms with van der Waals surface area (Å²) in [5, 5.41) is 24.0. The number of nitrogens with zero attached hydrogens (tertiary/aromatic N) is 4. The predicted octanol–water partition coefficient (Wildman–Crippen LogP) is 1.28. The summed E-state index contributed by atoms with van der Waals surface area (Å²) in [7, 11) is 0. The summed E-state index contributed by atoms with van der Waals surface area (Å²) in [5.41, 5.74) is 0.0982. The first-order chi connectivity index (χ1) is 9.58. The largest absolute Gasteiger partial charge is 0.396 e. The van der Waals surface area contributed by atoms with E-state index >= 15 is 0 Å². The van der Waals surface area contributed by atoms with Gasteiger partial charge in [0.25, 0.3) is 0 Å². The molecule has 7 nitrogen and oxygen atoms in total. The fourth-order valence-electron chi connectivity index (χ4n) is 2.69. The molecule has 1 N–H and O–H groups in total. The van der Waals surface area contributed by atoms with Gasteiger partial charge in [0, 0.05) is 13.2 Å². The van der Waals surface area contributed by atoms with Crippen LogP contribution in [0.1, 0.15) is 26.2 Å². The molecule has 0 radical (unpaired) electrons. The smallest absolute Gasteiger partial charge is 0.389 e. The van der Waals surface area contributed by atoms with Crippen LogP contribution in [0.25, 0.3) is 0 Å². The Morgan fingerprint density at radius 1 is 1.45 bits per heavy atom. The first-order valence-electron chi connectivity index (χ1n) is 7.10. The lowest BCUT2D eigenvalue weighted by Gasteiger charge is -2.40. The van der Waals surface area contributed by atoms with E-state index in [0.717, 1.165) is 38.9 Å². The second-order valence-corrected chi connectivity index (χ2v) is 5.55. The highest BCUT2D eigenvalue weighted by Crippen LogP contribution is 2.33. The highest BCUT2D eigenvalue weighted by atomic mass is 16.6. The van der Waals surface area contributed by atoms with Gasteiger partial charge < -0.3 is 20.1 Å². The maximum atomic E-state index is 10.6. The average molecular weight is 282 g/mol. The molecule has 1 saturated heterocycles. The van der Waals surface area contributed by atoms with Crippen molar-refractivity contribution in [2.75, 3.05) is 26.2 Å². The van der Waals surface area contributed by atoms with Crippen LogP contribution in [-0.4, -0.2) is 51.0 Å². The standard InChI is InChI=1S/C13H22N4O3/c1-2-13(11-18)4-7-15(8-5-13)9-10-16-6-3-12(14-16)17(19)20/h3,6,18H,2,4-5,7-11H2,1H3. The highest BCUT2D eigenvalue weighted by Gasteiger charge is 2.32. The number of aromatic nitrogens is 2. The van der Waals surface area contributed by atoms with Gasteiger partial charge in [-0.3, -0.25) is 0 Å². The summed E-state index contributed by atoms with van der Waals surface area (Å²) in [5.74, 6) is -0.103. The van der Waals surface area contributed by atoms with Gasteiger partial charge in [0.2, 0.25) is 0 Å². The van der Waals surface area contributed by atoms with Gasteiger partial charge in [-0.1, -0.05) is 6.92 Å². The summed E-state index contributed by atoms with van der Waals surface area (Å²) in [6.45, 7) is 5.84. The first kappa shape index (κ1) is 14.9. The Labute approximate surface area is 118 Å². The molecule has 0 atom stereocenters. The number of likely N-dealkylation sites (tertiary alicyclic amines) is 1. The molecule has 2 rings (SSSR count). The molecule has 0 spiro atoms. The molecule has 0 unspecified atom stereocenters. The maximum absolute atomic E-state index is 10.6. The van der Waals surface area contributed by atoms with Gasteiger partial charge in [-0.2, -0.15) is 4.68 Å². The summed E-state index contributed by atoms with van der Waals surface area (Å²) < 4.78 is 1.62. The molecule has 112 valence electrons. The molecule has 0 bridgehead atoms. The number of hydrogen-bond acceptors (Lipinski definition) is 5. The Kier molecular flexibility index (Phi) is 4.72. The SMILES string of the molecule is CCC1(CO)CCN(CCn2ccc([N+](=O)[O-])n2)CC1. The summed E-state index contributed by atoms with van der Waals surface area (Å²) >= 11 is 0. The number of aliphatic hydroxyl groups excluding tert-OH is 1. The third-order valence-electron chi connectivity index (χ3n) is 4.46. The van der Waals surface area contributed by atoms with Crippen LogP contribution in [0.4, 0.5) is 5.82 Å². The molecule has 1 aliphatic rings. The van der Waals surface area contributed by atoms with Crippen molar-refractivity contribution < 1.29 is 10.0 Å². The van der Waals surface area contributed by atoms with E-state index in [2.05, 4.69) is 16.9 Å². The fourth-order valence-corrected chi connectivity index (χ4v) is 2.69. The average Bonchev–Trinajstić information content (AvgIpc) is 2.95. The van der Waals surface area contributed by atoms with Gasteiger partial charge in [-0.25, -0.2) is 0 Å². The zero-order valence-electron chi connectivity index (χ0n) is 11.9. The van der Waals surface area contributed by atoms with Crippen LogP contribution in [0.15, 0.2) is 12.3 Å². The van der Waals surface area contributed by atoms with Gasteiger partial charge in [0.15, 0.2) is 0 Å². The van der Waals surface area contributed by atoms with Crippen molar-refractivity contribution in [1.82, 2.24) is 14.7 Å². The second kappa shape index (κ2) is 6.32. The van der Waals surface area contributed by atoms with Crippen LogP contribution in [-0.2, 0) is 6.54 Å². The van der Waals surface area contributed by atoms with Crippen molar-refractivity contribution >= 4 is 5.82 Å². The third-order valence-corrected chi connectivity index (χ3v) is 4.46. The van der Waals surface area contributed by atoms with Crippen LogP contribution >= 0.6 is 0 Å². The summed E-state index contributed by atoms with van der Waals surface area (Å²) in [6.07, 6.45) is 4.69. The predicted molar refractivity (Wildman–Crippen MR) is 74.4 cm³/mol. The second-order valence-electron chi connectivity index (χ2n) is 5.55. The topological polar surface area (TPSA) is 84.4 Å². The van der Waals surface area contributed by atoms with Crippen LogP contribution in [0.3, 0.4) is 0 Å². The van der Waals surface area contributed by atoms with E-state index in [-0.39, 0.29) is 17.8 Å². The molecule has 1 aromatic rings. The van der Waals surface area contributed by atoms with Crippen LogP contribution < -0.4 is 0 Å². The van der Waals surface area contributed by atoms with Crippen molar-refractivity contribution in [2.45, 2.75) is 32.7 Å². The van der Waals surface area contributed by atoms with E-state index in [1.54, 1.807) is 10.9 Å². The van der Waals surface area contributed by atoms with Crippen molar-refractivity contribution in [2.24, 2.45) is 5.41 Å². The normalized spacial score (nSPS) is 19.1. The number of aliphatic hydroxyl groups is 1. The molecule has 20 heavy (non-hydrogen) atoms. The molecule has 1 aromatic heterocycles. The highest BCUT2D eigenvalue weighted by molar-refractivity contribution is 5.13. The molecule has 7 heteroatoms. The van der Waals surface area contributed by atoms with Crippen molar-refractivity contribution in [3.05, 3.63) is 22.4 Å².